The van der Waals surface area contributed by atoms with Gasteiger partial charge in [0.2, 0.25) is 0 Å². The molecule has 0 radical (unpaired) electrons. The molecular formula is C21H26F2N8O. The lowest BCUT2D eigenvalue weighted by molar-refractivity contribution is 0.102. The first kappa shape index (κ1) is 20.8. The maximum atomic E-state index is 13.2. The van der Waals surface area contributed by atoms with Gasteiger partial charge in [-0.15, -0.1) is 0 Å². The fourth-order valence-electron chi connectivity index (χ4n) is 4.42. The number of likely N-dealkylation sites (tertiary alicyclic amines) is 1. The van der Waals surface area contributed by atoms with Crippen molar-refractivity contribution in [3.05, 3.63) is 35.9 Å². The normalized spacial score (nSPS) is 17.8. The van der Waals surface area contributed by atoms with Crippen molar-refractivity contribution in [2.45, 2.75) is 25.7 Å². The van der Waals surface area contributed by atoms with Gasteiger partial charge >= 0.3 is 0 Å². The summed E-state index contributed by atoms with van der Waals surface area (Å²) in [7, 11) is 1.53. The number of nitrogens with zero attached hydrogens (tertiary/aromatic N) is 7. The second-order valence-corrected chi connectivity index (χ2v) is 8.55. The second-order valence-electron chi connectivity index (χ2n) is 8.55. The van der Waals surface area contributed by atoms with Crippen molar-refractivity contribution in [3.8, 4) is 0 Å². The van der Waals surface area contributed by atoms with Crippen molar-refractivity contribution in [3.63, 3.8) is 0 Å². The minimum Gasteiger partial charge on any atom is -0.356 e. The molecule has 0 aliphatic carbocycles. The molecule has 0 atom stereocenters. The summed E-state index contributed by atoms with van der Waals surface area (Å²) in [6.07, 6.45) is 5.29. The van der Waals surface area contributed by atoms with E-state index in [0.717, 1.165) is 37.7 Å². The highest BCUT2D eigenvalue weighted by Crippen LogP contribution is 2.27. The molecular weight excluding hydrogens is 418 g/mol. The summed E-state index contributed by atoms with van der Waals surface area (Å²) < 4.78 is 29.2. The van der Waals surface area contributed by atoms with Gasteiger partial charge in [-0.05, 0) is 44.3 Å². The van der Waals surface area contributed by atoms with E-state index >= 15 is 0 Å². The average molecular weight is 444 g/mol. The summed E-state index contributed by atoms with van der Waals surface area (Å²) in [6.45, 7) is 5.47. The molecule has 3 aromatic heterocycles. The van der Waals surface area contributed by atoms with Crippen LogP contribution in [0.5, 0.6) is 0 Å². The zero-order valence-corrected chi connectivity index (χ0v) is 17.9. The Balaban J connectivity index is 1.31. The number of aryl methyl sites for hydroxylation is 1. The lowest BCUT2D eigenvalue weighted by Gasteiger charge is -2.38. The Labute approximate surface area is 184 Å². The van der Waals surface area contributed by atoms with Crippen LogP contribution in [0.4, 0.5) is 20.3 Å². The van der Waals surface area contributed by atoms with E-state index in [1.165, 1.54) is 54.7 Å². The topological polar surface area (TPSA) is 83.6 Å². The minimum absolute atomic E-state index is 0.0210. The molecule has 1 amide bonds. The van der Waals surface area contributed by atoms with Gasteiger partial charge in [-0.25, -0.2) is 18.3 Å². The Hall–Kier alpha value is -3.08. The van der Waals surface area contributed by atoms with Gasteiger partial charge in [0.05, 0.1) is 11.9 Å². The fourth-order valence-corrected chi connectivity index (χ4v) is 4.42. The van der Waals surface area contributed by atoms with E-state index in [-0.39, 0.29) is 11.3 Å². The predicted molar refractivity (Wildman–Crippen MR) is 115 cm³/mol. The molecule has 2 fully saturated rings. The van der Waals surface area contributed by atoms with E-state index in [1.807, 2.05) is 6.07 Å². The molecule has 32 heavy (non-hydrogen) atoms. The molecule has 0 unspecified atom stereocenters. The van der Waals surface area contributed by atoms with E-state index in [0.29, 0.717) is 5.65 Å². The molecule has 0 aromatic carbocycles. The van der Waals surface area contributed by atoms with Gasteiger partial charge in [0, 0.05) is 39.1 Å². The highest BCUT2D eigenvalue weighted by molar-refractivity contribution is 6.08. The zero-order chi connectivity index (χ0) is 22.2. The van der Waals surface area contributed by atoms with Gasteiger partial charge in [-0.1, -0.05) is 0 Å². The van der Waals surface area contributed by atoms with Crippen LogP contribution in [-0.2, 0) is 7.05 Å². The Morgan fingerprint density at radius 1 is 1.25 bits per heavy atom. The number of rotatable bonds is 6. The molecule has 2 aliphatic rings. The van der Waals surface area contributed by atoms with E-state index in [4.69, 9.17) is 0 Å². The van der Waals surface area contributed by atoms with Crippen LogP contribution in [-0.4, -0.2) is 67.9 Å². The second kappa shape index (κ2) is 8.45. The van der Waals surface area contributed by atoms with Gasteiger partial charge < -0.3 is 15.1 Å². The number of anilines is 2. The third kappa shape index (κ3) is 4.04. The Kier molecular flexibility index (Phi) is 5.50. The molecule has 0 saturated carbocycles. The van der Waals surface area contributed by atoms with E-state index in [2.05, 4.69) is 30.3 Å². The summed E-state index contributed by atoms with van der Waals surface area (Å²) in [5, 5.41) is 10.4. The number of hydrogen-bond acceptors (Lipinski definition) is 6. The Morgan fingerprint density at radius 2 is 2.03 bits per heavy atom. The molecule has 0 spiro atoms. The van der Waals surface area contributed by atoms with Crippen molar-refractivity contribution in [2.24, 2.45) is 13.0 Å². The lowest BCUT2D eigenvalue weighted by Crippen LogP contribution is -2.44. The summed E-state index contributed by atoms with van der Waals surface area (Å²) >= 11 is 0. The van der Waals surface area contributed by atoms with Crippen molar-refractivity contribution < 1.29 is 13.6 Å². The van der Waals surface area contributed by atoms with Crippen LogP contribution in [0.25, 0.3) is 5.65 Å². The lowest BCUT2D eigenvalue weighted by atomic mass is 9.95. The number of alkyl halides is 2. The number of aromatic nitrogens is 5. The Morgan fingerprint density at radius 3 is 2.72 bits per heavy atom. The molecule has 5 rings (SSSR count). The van der Waals surface area contributed by atoms with Crippen LogP contribution in [0.3, 0.4) is 0 Å². The molecule has 9 nitrogen and oxygen atoms in total. The molecule has 1 N–H and O–H groups in total. The van der Waals surface area contributed by atoms with Crippen molar-refractivity contribution >= 4 is 23.1 Å². The molecule has 3 aromatic rings. The van der Waals surface area contributed by atoms with Crippen LogP contribution in [0.15, 0.2) is 24.7 Å². The van der Waals surface area contributed by atoms with Crippen molar-refractivity contribution in [1.82, 2.24) is 29.3 Å². The van der Waals surface area contributed by atoms with Gasteiger partial charge in [0.1, 0.15) is 11.4 Å². The van der Waals surface area contributed by atoms with Crippen molar-refractivity contribution in [1.29, 1.82) is 0 Å². The van der Waals surface area contributed by atoms with E-state index < -0.39 is 18.0 Å². The third-order valence-corrected chi connectivity index (χ3v) is 6.31. The summed E-state index contributed by atoms with van der Waals surface area (Å²) in [4.78, 5) is 22.3. The largest absolute Gasteiger partial charge is 0.356 e. The van der Waals surface area contributed by atoms with Crippen LogP contribution in [0, 0.1) is 5.92 Å². The summed E-state index contributed by atoms with van der Waals surface area (Å²) in [5.41, 5.74) is 0.133. The highest BCUT2D eigenvalue weighted by Gasteiger charge is 2.26. The quantitative estimate of drug-likeness (QED) is 0.629. The SMILES string of the molecule is Cn1cc(NC(=O)c2cnn3ccc(N4CCC(CN5CCC5)CC4)nc23)c(C(F)F)n1. The number of nitrogens with one attached hydrogen (secondary N) is 1. The summed E-state index contributed by atoms with van der Waals surface area (Å²) in [6, 6.07) is 1.90. The van der Waals surface area contributed by atoms with Crippen LogP contribution in [0.2, 0.25) is 0 Å². The third-order valence-electron chi connectivity index (χ3n) is 6.31. The van der Waals surface area contributed by atoms with Gasteiger partial charge in [-0.3, -0.25) is 9.48 Å². The first-order chi connectivity index (χ1) is 15.5. The predicted octanol–water partition coefficient (Wildman–Crippen LogP) is 2.57. The number of piperidine rings is 1. The molecule has 5 heterocycles. The fraction of sp³-hybridized carbons (Fsp3) is 0.524. The number of halogens is 2. The van der Waals surface area contributed by atoms with Gasteiger partial charge in [0.25, 0.3) is 12.3 Å². The number of hydrogen-bond donors (Lipinski definition) is 1. The number of amides is 1. The minimum atomic E-state index is -2.79. The van der Waals surface area contributed by atoms with E-state index in [9.17, 15) is 13.6 Å². The first-order valence-corrected chi connectivity index (χ1v) is 10.9. The van der Waals surface area contributed by atoms with Crippen LogP contribution >= 0.6 is 0 Å². The highest BCUT2D eigenvalue weighted by atomic mass is 19.3. The van der Waals surface area contributed by atoms with Crippen LogP contribution in [0.1, 0.15) is 41.7 Å². The zero-order valence-electron chi connectivity index (χ0n) is 17.9. The maximum Gasteiger partial charge on any atom is 0.284 e. The summed E-state index contributed by atoms with van der Waals surface area (Å²) in [5.74, 6) is 0.965. The van der Waals surface area contributed by atoms with E-state index in [1.54, 1.807) is 6.20 Å². The average Bonchev–Trinajstić information content (AvgIpc) is 3.34. The number of fused-ring (bicyclic) bond motifs is 1. The molecule has 2 saturated heterocycles. The maximum absolute atomic E-state index is 13.2. The standard InChI is InChI=1S/C21H26F2N8O/c1-28-13-16(18(27-28)19(22)23)25-21(32)15-11-24-31-10-5-17(26-20(15)31)30-8-3-14(4-9-30)12-29-6-2-7-29/h5,10-11,13-14,19H,2-4,6-9,12H2,1H3,(H,25,32). The smallest absolute Gasteiger partial charge is 0.284 e. The Bertz CT molecular complexity index is 1110. The van der Waals surface area contributed by atoms with Crippen molar-refractivity contribution in [2.75, 3.05) is 42.9 Å². The van der Waals surface area contributed by atoms with Gasteiger partial charge in [-0.2, -0.15) is 10.2 Å². The van der Waals surface area contributed by atoms with Crippen LogP contribution < -0.4 is 10.2 Å². The molecule has 2 aliphatic heterocycles. The number of carbonyl (C=O) groups excluding carboxylic acids is 1. The molecule has 170 valence electrons. The number of carbonyl (C=O) groups is 1. The first-order valence-electron chi connectivity index (χ1n) is 10.9. The molecule has 11 heteroatoms. The molecule has 0 bridgehead atoms. The van der Waals surface area contributed by atoms with Gasteiger partial charge in [0.15, 0.2) is 11.3 Å². The monoisotopic (exact) mass is 444 g/mol.